The van der Waals surface area contributed by atoms with Gasteiger partial charge < -0.3 is 13.3 Å². The van der Waals surface area contributed by atoms with Crippen LogP contribution in [0.1, 0.15) is 10.6 Å². The molecule has 9 heteroatoms. The molecular formula is C17H9Cl2N3O4. The van der Waals surface area contributed by atoms with Crippen LogP contribution in [0.5, 0.6) is 0 Å². The number of furan rings is 2. The fraction of sp³-hybridized carbons (Fsp3) is 0. The van der Waals surface area contributed by atoms with E-state index in [2.05, 4.69) is 15.5 Å². The maximum absolute atomic E-state index is 12.3. The molecule has 3 aromatic heterocycles. The van der Waals surface area contributed by atoms with Gasteiger partial charge in [-0.05, 0) is 42.5 Å². The van der Waals surface area contributed by atoms with Crippen LogP contribution in [0.15, 0.2) is 62.0 Å². The molecule has 0 atom stereocenters. The number of benzene rings is 1. The quantitative estimate of drug-likeness (QED) is 0.518. The van der Waals surface area contributed by atoms with Gasteiger partial charge in [-0.3, -0.25) is 10.1 Å². The summed E-state index contributed by atoms with van der Waals surface area (Å²) in [6.07, 6.45) is 1.48. The Morgan fingerprint density at radius 3 is 2.65 bits per heavy atom. The summed E-state index contributed by atoms with van der Waals surface area (Å²) < 4.78 is 16.0. The van der Waals surface area contributed by atoms with Gasteiger partial charge in [0.1, 0.15) is 5.76 Å². The predicted molar refractivity (Wildman–Crippen MR) is 94.1 cm³/mol. The fourth-order valence-electron chi connectivity index (χ4n) is 2.23. The number of carbonyl (C=O) groups excluding carboxylic acids is 1. The van der Waals surface area contributed by atoms with Crippen molar-refractivity contribution < 1.29 is 18.0 Å². The summed E-state index contributed by atoms with van der Waals surface area (Å²) in [4.78, 5) is 12.3. The zero-order valence-electron chi connectivity index (χ0n) is 12.9. The van der Waals surface area contributed by atoms with Gasteiger partial charge in [0.2, 0.25) is 0 Å². The third kappa shape index (κ3) is 3.22. The van der Waals surface area contributed by atoms with E-state index in [0.717, 1.165) is 0 Å². The Morgan fingerprint density at radius 1 is 1.00 bits per heavy atom. The fourth-order valence-corrected chi connectivity index (χ4v) is 2.73. The van der Waals surface area contributed by atoms with Crippen LogP contribution in [0.3, 0.4) is 0 Å². The van der Waals surface area contributed by atoms with Gasteiger partial charge in [0.15, 0.2) is 11.5 Å². The van der Waals surface area contributed by atoms with Gasteiger partial charge in [-0.15, -0.1) is 5.10 Å². The van der Waals surface area contributed by atoms with E-state index in [0.29, 0.717) is 27.1 Å². The molecule has 130 valence electrons. The smallest absolute Gasteiger partial charge is 0.323 e. The molecule has 0 saturated carbocycles. The molecule has 0 unspecified atom stereocenters. The third-order valence-corrected chi connectivity index (χ3v) is 3.95. The van der Waals surface area contributed by atoms with Crippen LogP contribution in [-0.2, 0) is 0 Å². The Morgan fingerprint density at radius 2 is 1.88 bits per heavy atom. The number of nitrogens with zero attached hydrogens (tertiary/aromatic N) is 2. The Kier molecular flexibility index (Phi) is 4.24. The molecule has 0 aliphatic carbocycles. The van der Waals surface area contributed by atoms with Crippen molar-refractivity contribution in [2.75, 3.05) is 5.32 Å². The van der Waals surface area contributed by atoms with Crippen molar-refractivity contribution in [1.29, 1.82) is 0 Å². The maximum atomic E-state index is 12.3. The molecule has 0 aliphatic rings. The molecule has 1 amide bonds. The molecule has 26 heavy (non-hydrogen) atoms. The van der Waals surface area contributed by atoms with Crippen LogP contribution in [0.2, 0.25) is 10.0 Å². The SMILES string of the molecule is O=C(Nc1nnc(-c2ccco2)o1)c1ccc(-c2ccc(Cl)cc2Cl)o1. The van der Waals surface area contributed by atoms with Crippen molar-refractivity contribution in [2.45, 2.75) is 0 Å². The average Bonchev–Trinajstić information content (AvgIpc) is 3.36. The van der Waals surface area contributed by atoms with Crippen molar-refractivity contribution in [3.05, 3.63) is 64.5 Å². The van der Waals surface area contributed by atoms with Crippen LogP contribution in [0.4, 0.5) is 6.01 Å². The summed E-state index contributed by atoms with van der Waals surface area (Å²) in [5.74, 6) is 0.493. The van der Waals surface area contributed by atoms with E-state index < -0.39 is 5.91 Å². The standard InChI is InChI=1S/C17H9Cl2N3O4/c18-9-3-4-10(11(19)8-9)12-5-6-13(25-12)15(23)20-17-22-21-16(26-17)14-2-1-7-24-14/h1-8H,(H,20,22,23). The normalized spacial score (nSPS) is 10.8. The molecular weight excluding hydrogens is 381 g/mol. The number of anilines is 1. The van der Waals surface area contributed by atoms with Crippen molar-refractivity contribution >= 4 is 35.1 Å². The number of halogens is 2. The Balaban J connectivity index is 1.52. The van der Waals surface area contributed by atoms with Gasteiger partial charge in [0.25, 0.3) is 11.8 Å². The first-order valence-electron chi connectivity index (χ1n) is 7.34. The zero-order chi connectivity index (χ0) is 18.1. The molecule has 0 saturated heterocycles. The minimum absolute atomic E-state index is 0.0590. The summed E-state index contributed by atoms with van der Waals surface area (Å²) in [6.45, 7) is 0. The van der Waals surface area contributed by atoms with Crippen molar-refractivity contribution in [1.82, 2.24) is 10.2 Å². The molecule has 4 rings (SSSR count). The van der Waals surface area contributed by atoms with E-state index in [1.165, 1.54) is 12.3 Å². The lowest BCUT2D eigenvalue weighted by Crippen LogP contribution is -2.11. The lowest BCUT2D eigenvalue weighted by molar-refractivity contribution is 0.0994. The highest BCUT2D eigenvalue weighted by Crippen LogP contribution is 2.31. The second kappa shape index (κ2) is 6.70. The number of nitrogens with one attached hydrogen (secondary N) is 1. The van der Waals surface area contributed by atoms with Gasteiger partial charge in [-0.2, -0.15) is 0 Å². The monoisotopic (exact) mass is 389 g/mol. The average molecular weight is 390 g/mol. The first kappa shape index (κ1) is 16.4. The van der Waals surface area contributed by atoms with Crippen LogP contribution in [0.25, 0.3) is 23.0 Å². The highest BCUT2D eigenvalue weighted by molar-refractivity contribution is 6.36. The topological polar surface area (TPSA) is 94.3 Å². The molecule has 1 aromatic carbocycles. The van der Waals surface area contributed by atoms with Gasteiger partial charge >= 0.3 is 6.01 Å². The number of carbonyl (C=O) groups is 1. The number of amides is 1. The van der Waals surface area contributed by atoms with Gasteiger partial charge in [0.05, 0.1) is 11.3 Å². The van der Waals surface area contributed by atoms with Gasteiger partial charge in [-0.25, -0.2) is 0 Å². The first-order valence-corrected chi connectivity index (χ1v) is 8.10. The minimum Gasteiger partial charge on any atom is -0.459 e. The van der Waals surface area contributed by atoms with Crippen LogP contribution >= 0.6 is 23.2 Å². The van der Waals surface area contributed by atoms with E-state index in [4.69, 9.17) is 36.5 Å². The summed E-state index contributed by atoms with van der Waals surface area (Å²) >= 11 is 12.0. The van der Waals surface area contributed by atoms with Gasteiger partial charge in [0, 0.05) is 10.6 Å². The van der Waals surface area contributed by atoms with E-state index in [1.54, 1.807) is 36.4 Å². The summed E-state index contributed by atoms with van der Waals surface area (Å²) in [6, 6.07) is 11.4. The second-order valence-corrected chi connectivity index (χ2v) is 5.98. The summed E-state index contributed by atoms with van der Waals surface area (Å²) in [7, 11) is 0. The zero-order valence-corrected chi connectivity index (χ0v) is 14.4. The lowest BCUT2D eigenvalue weighted by atomic mass is 10.2. The third-order valence-electron chi connectivity index (χ3n) is 3.40. The Bertz CT molecular complexity index is 1070. The highest BCUT2D eigenvalue weighted by atomic mass is 35.5. The number of hydrogen-bond acceptors (Lipinski definition) is 6. The minimum atomic E-state index is -0.545. The van der Waals surface area contributed by atoms with Crippen LogP contribution in [-0.4, -0.2) is 16.1 Å². The van der Waals surface area contributed by atoms with Crippen LogP contribution in [0, 0.1) is 0 Å². The van der Waals surface area contributed by atoms with Gasteiger partial charge in [-0.1, -0.05) is 28.3 Å². The molecule has 0 aliphatic heterocycles. The largest absolute Gasteiger partial charge is 0.459 e. The van der Waals surface area contributed by atoms with Crippen molar-refractivity contribution in [3.63, 3.8) is 0 Å². The predicted octanol–water partition coefficient (Wildman–Crippen LogP) is 5.15. The van der Waals surface area contributed by atoms with Crippen molar-refractivity contribution in [3.8, 4) is 23.0 Å². The number of hydrogen-bond donors (Lipinski definition) is 1. The molecule has 1 N–H and O–H groups in total. The van der Waals surface area contributed by atoms with Crippen molar-refractivity contribution in [2.24, 2.45) is 0 Å². The number of rotatable bonds is 4. The molecule has 0 spiro atoms. The lowest BCUT2D eigenvalue weighted by Gasteiger charge is -2.01. The molecule has 7 nitrogen and oxygen atoms in total. The highest BCUT2D eigenvalue weighted by Gasteiger charge is 2.18. The maximum Gasteiger partial charge on any atom is 0.323 e. The van der Waals surface area contributed by atoms with E-state index in [1.807, 2.05) is 0 Å². The van der Waals surface area contributed by atoms with E-state index >= 15 is 0 Å². The molecule has 0 bridgehead atoms. The Hall–Kier alpha value is -3.03. The Labute approximate surface area is 156 Å². The number of aromatic nitrogens is 2. The van der Waals surface area contributed by atoms with E-state index in [9.17, 15) is 4.79 Å². The molecule has 4 aromatic rings. The molecule has 0 radical (unpaired) electrons. The summed E-state index contributed by atoms with van der Waals surface area (Å²) in [5, 5.41) is 10.9. The molecule has 0 fully saturated rings. The van der Waals surface area contributed by atoms with Crippen LogP contribution < -0.4 is 5.32 Å². The first-order chi connectivity index (χ1) is 12.6. The molecule has 3 heterocycles. The summed E-state index contributed by atoms with van der Waals surface area (Å²) in [5.41, 5.74) is 0.619. The van der Waals surface area contributed by atoms with E-state index in [-0.39, 0.29) is 17.7 Å². The second-order valence-electron chi connectivity index (χ2n) is 5.13.